The maximum atomic E-state index is 11.1. The van der Waals surface area contributed by atoms with Crippen LogP contribution in [-0.2, 0) is 0 Å². The molecule has 2 rings (SSSR count). The van der Waals surface area contributed by atoms with Crippen molar-refractivity contribution in [3.8, 4) is 16.5 Å². The third-order valence-corrected chi connectivity index (χ3v) is 2.66. The number of rotatable bonds is 1. The number of aromatic nitrogens is 2. The summed E-state index contributed by atoms with van der Waals surface area (Å²) in [5.41, 5.74) is 0.901. The highest BCUT2D eigenvalue weighted by atomic mass is 32.1. The van der Waals surface area contributed by atoms with Crippen molar-refractivity contribution in [1.29, 1.82) is 0 Å². The standard InChI is InChI=1S/C9H8N2OS/c1-6-8(12)11-9(13-6)7-3-2-4-10-5-7/h2-5,12H,1H3/p-1. The van der Waals surface area contributed by atoms with Crippen molar-refractivity contribution in [2.75, 3.05) is 0 Å². The monoisotopic (exact) mass is 191 g/mol. The van der Waals surface area contributed by atoms with Crippen LogP contribution in [0.4, 0.5) is 0 Å². The fraction of sp³-hybridized carbons (Fsp3) is 0.111. The molecule has 13 heavy (non-hydrogen) atoms. The average Bonchev–Trinajstić information content (AvgIpc) is 2.49. The highest BCUT2D eigenvalue weighted by Gasteiger charge is 2.02. The summed E-state index contributed by atoms with van der Waals surface area (Å²) in [7, 11) is 0. The summed E-state index contributed by atoms with van der Waals surface area (Å²) in [4.78, 5) is 8.59. The molecule has 0 aliphatic carbocycles. The van der Waals surface area contributed by atoms with Gasteiger partial charge < -0.3 is 5.11 Å². The van der Waals surface area contributed by atoms with Gasteiger partial charge in [-0.2, -0.15) is 0 Å². The SMILES string of the molecule is Cc1sc(-c2cccnc2)nc1[O-]. The number of hydrogen-bond acceptors (Lipinski definition) is 4. The molecule has 0 spiro atoms. The van der Waals surface area contributed by atoms with Gasteiger partial charge in [0.15, 0.2) is 0 Å². The van der Waals surface area contributed by atoms with Crippen molar-refractivity contribution >= 4 is 11.3 Å². The molecular weight excluding hydrogens is 184 g/mol. The Morgan fingerprint density at radius 1 is 1.46 bits per heavy atom. The fourth-order valence-electron chi connectivity index (χ4n) is 0.995. The van der Waals surface area contributed by atoms with Gasteiger partial charge in [-0.05, 0) is 19.1 Å². The number of thiazole rings is 1. The minimum atomic E-state index is -0.135. The highest BCUT2D eigenvalue weighted by Crippen LogP contribution is 2.28. The molecule has 0 amide bonds. The van der Waals surface area contributed by atoms with Crippen molar-refractivity contribution in [3.05, 3.63) is 29.4 Å². The lowest BCUT2D eigenvalue weighted by Gasteiger charge is -1.96. The Morgan fingerprint density at radius 3 is 2.85 bits per heavy atom. The van der Waals surface area contributed by atoms with Crippen LogP contribution in [0.15, 0.2) is 24.5 Å². The van der Waals surface area contributed by atoms with E-state index in [-0.39, 0.29) is 5.88 Å². The van der Waals surface area contributed by atoms with Crippen LogP contribution in [-0.4, -0.2) is 9.97 Å². The van der Waals surface area contributed by atoms with Gasteiger partial charge >= 0.3 is 0 Å². The van der Waals surface area contributed by atoms with Crippen molar-refractivity contribution < 1.29 is 5.11 Å². The van der Waals surface area contributed by atoms with E-state index in [2.05, 4.69) is 9.97 Å². The van der Waals surface area contributed by atoms with E-state index in [0.717, 1.165) is 15.4 Å². The predicted molar refractivity (Wildman–Crippen MR) is 49.5 cm³/mol. The van der Waals surface area contributed by atoms with Gasteiger partial charge in [0.25, 0.3) is 0 Å². The van der Waals surface area contributed by atoms with Gasteiger partial charge in [-0.1, -0.05) is 0 Å². The number of pyridine rings is 1. The van der Waals surface area contributed by atoms with Crippen molar-refractivity contribution in [3.63, 3.8) is 0 Å². The average molecular weight is 191 g/mol. The Hall–Kier alpha value is -1.42. The van der Waals surface area contributed by atoms with Gasteiger partial charge in [0.05, 0.1) is 0 Å². The molecule has 0 saturated heterocycles. The van der Waals surface area contributed by atoms with E-state index in [0.29, 0.717) is 0 Å². The fourth-order valence-corrected chi connectivity index (χ4v) is 1.79. The first-order valence-corrected chi connectivity index (χ1v) is 4.64. The molecule has 0 aliphatic heterocycles. The van der Waals surface area contributed by atoms with Crippen LogP contribution in [0.5, 0.6) is 5.88 Å². The molecule has 2 heterocycles. The lowest BCUT2D eigenvalue weighted by molar-refractivity contribution is -0.274. The van der Waals surface area contributed by atoms with Gasteiger partial charge in [-0.25, -0.2) is 0 Å². The van der Waals surface area contributed by atoms with E-state index in [4.69, 9.17) is 0 Å². The molecule has 0 N–H and O–H groups in total. The second-order valence-corrected chi connectivity index (χ2v) is 3.83. The molecule has 4 heteroatoms. The normalized spacial score (nSPS) is 10.2. The number of aryl methyl sites for hydroxylation is 1. The van der Waals surface area contributed by atoms with Gasteiger partial charge in [0.1, 0.15) is 5.01 Å². The van der Waals surface area contributed by atoms with Crippen molar-refractivity contribution in [1.82, 2.24) is 9.97 Å². The van der Waals surface area contributed by atoms with Gasteiger partial charge in [0, 0.05) is 28.7 Å². The maximum Gasteiger partial charge on any atom is 0.124 e. The molecule has 0 fully saturated rings. The Morgan fingerprint density at radius 2 is 2.31 bits per heavy atom. The molecule has 0 atom stereocenters. The molecule has 66 valence electrons. The Labute approximate surface area is 79.7 Å². The van der Waals surface area contributed by atoms with Crippen LogP contribution in [0.3, 0.4) is 0 Å². The second-order valence-electron chi connectivity index (χ2n) is 2.62. The number of nitrogens with zero attached hydrogens (tertiary/aromatic N) is 2. The summed E-state index contributed by atoms with van der Waals surface area (Å²) >= 11 is 1.40. The maximum absolute atomic E-state index is 11.1. The van der Waals surface area contributed by atoms with Crippen molar-refractivity contribution in [2.24, 2.45) is 0 Å². The molecule has 0 aliphatic rings. The van der Waals surface area contributed by atoms with E-state index >= 15 is 0 Å². The summed E-state index contributed by atoms with van der Waals surface area (Å²) in [5, 5.41) is 11.8. The van der Waals surface area contributed by atoms with Crippen LogP contribution in [0, 0.1) is 6.92 Å². The van der Waals surface area contributed by atoms with Crippen LogP contribution < -0.4 is 5.11 Å². The summed E-state index contributed by atoms with van der Waals surface area (Å²) < 4.78 is 0. The second kappa shape index (κ2) is 3.14. The molecule has 0 radical (unpaired) electrons. The molecule has 2 aromatic heterocycles. The first kappa shape index (κ1) is 8.19. The van der Waals surface area contributed by atoms with E-state index in [1.807, 2.05) is 12.1 Å². The van der Waals surface area contributed by atoms with E-state index in [1.165, 1.54) is 11.3 Å². The van der Waals surface area contributed by atoms with Gasteiger partial charge in [-0.15, -0.1) is 11.3 Å². The summed E-state index contributed by atoms with van der Waals surface area (Å²) in [6, 6.07) is 3.72. The van der Waals surface area contributed by atoms with E-state index in [9.17, 15) is 5.11 Å². The zero-order valence-corrected chi connectivity index (χ0v) is 7.84. The first-order chi connectivity index (χ1) is 6.27. The Balaban J connectivity index is 2.48. The lowest BCUT2D eigenvalue weighted by atomic mass is 10.3. The quantitative estimate of drug-likeness (QED) is 0.687. The molecule has 0 unspecified atom stereocenters. The topological polar surface area (TPSA) is 48.8 Å². The van der Waals surface area contributed by atoms with E-state index in [1.54, 1.807) is 19.3 Å². The van der Waals surface area contributed by atoms with Crippen LogP contribution in [0.2, 0.25) is 0 Å². The molecule has 0 bridgehead atoms. The van der Waals surface area contributed by atoms with Gasteiger partial charge in [-0.3, -0.25) is 9.97 Å². The largest absolute Gasteiger partial charge is 0.858 e. The Bertz CT molecular complexity index is 391. The zero-order chi connectivity index (χ0) is 9.26. The lowest BCUT2D eigenvalue weighted by Crippen LogP contribution is -1.90. The summed E-state index contributed by atoms with van der Waals surface area (Å²) in [6.45, 7) is 1.78. The minimum absolute atomic E-state index is 0.135. The first-order valence-electron chi connectivity index (χ1n) is 3.82. The predicted octanol–water partition coefficient (Wildman–Crippen LogP) is 1.59. The highest BCUT2D eigenvalue weighted by molar-refractivity contribution is 7.15. The third kappa shape index (κ3) is 1.53. The third-order valence-electron chi connectivity index (χ3n) is 1.66. The molecule has 2 aromatic rings. The molecular formula is C9H7N2OS-. The summed E-state index contributed by atoms with van der Waals surface area (Å²) in [5.74, 6) is -0.135. The van der Waals surface area contributed by atoms with E-state index < -0.39 is 0 Å². The van der Waals surface area contributed by atoms with Gasteiger partial charge in [0.2, 0.25) is 0 Å². The molecule has 3 nitrogen and oxygen atoms in total. The van der Waals surface area contributed by atoms with Crippen LogP contribution in [0.25, 0.3) is 10.6 Å². The minimum Gasteiger partial charge on any atom is -0.858 e. The number of hydrogen-bond donors (Lipinski definition) is 0. The molecule has 0 saturated carbocycles. The van der Waals surface area contributed by atoms with Crippen molar-refractivity contribution in [2.45, 2.75) is 6.92 Å². The molecule has 0 aromatic carbocycles. The Kier molecular flexibility index (Phi) is 1.98. The smallest absolute Gasteiger partial charge is 0.124 e. The van der Waals surface area contributed by atoms with Crippen LogP contribution >= 0.6 is 11.3 Å². The summed E-state index contributed by atoms with van der Waals surface area (Å²) in [6.07, 6.45) is 3.40. The van der Waals surface area contributed by atoms with Crippen LogP contribution in [0.1, 0.15) is 4.88 Å². The zero-order valence-electron chi connectivity index (χ0n) is 7.02.